The minimum absolute atomic E-state index is 0.0417. The summed E-state index contributed by atoms with van der Waals surface area (Å²) >= 11 is 3.50. The summed E-state index contributed by atoms with van der Waals surface area (Å²) in [6, 6.07) is 6.46. The molecule has 2 N–H and O–H groups in total. The van der Waals surface area contributed by atoms with Crippen molar-refractivity contribution in [2.45, 2.75) is 45.6 Å². The molecule has 0 bridgehead atoms. The molecule has 0 aliphatic carbocycles. The molecule has 1 nitrogen and oxygen atoms in total. The highest BCUT2D eigenvalue weighted by molar-refractivity contribution is 9.10. The van der Waals surface area contributed by atoms with E-state index >= 15 is 0 Å². The van der Waals surface area contributed by atoms with Gasteiger partial charge in [-0.1, -0.05) is 22.0 Å². The van der Waals surface area contributed by atoms with E-state index in [2.05, 4.69) is 54.9 Å². The fourth-order valence-corrected chi connectivity index (χ4v) is 2.05. The van der Waals surface area contributed by atoms with E-state index in [-0.39, 0.29) is 5.54 Å². The Bertz CT molecular complexity index is 326. The van der Waals surface area contributed by atoms with Gasteiger partial charge in [0, 0.05) is 10.0 Å². The number of halogens is 1. The Morgan fingerprint density at radius 2 is 2.00 bits per heavy atom. The lowest BCUT2D eigenvalue weighted by atomic mass is 9.95. The van der Waals surface area contributed by atoms with Gasteiger partial charge < -0.3 is 5.73 Å². The Balaban J connectivity index is 2.54. The van der Waals surface area contributed by atoms with Crippen LogP contribution in [0.1, 0.15) is 37.8 Å². The van der Waals surface area contributed by atoms with Crippen molar-refractivity contribution in [2.24, 2.45) is 5.73 Å². The largest absolute Gasteiger partial charge is 0.326 e. The molecule has 1 aromatic carbocycles. The molecule has 0 heterocycles. The molecule has 0 aromatic heterocycles. The monoisotopic (exact) mass is 269 g/mol. The van der Waals surface area contributed by atoms with Crippen LogP contribution in [0.15, 0.2) is 22.7 Å². The third kappa shape index (κ3) is 4.80. The first-order valence-electron chi connectivity index (χ1n) is 5.42. The molecule has 0 unspecified atom stereocenters. The molecule has 84 valence electrons. The van der Waals surface area contributed by atoms with Gasteiger partial charge in [-0.25, -0.2) is 0 Å². The fourth-order valence-electron chi connectivity index (χ4n) is 1.64. The van der Waals surface area contributed by atoms with Crippen molar-refractivity contribution < 1.29 is 0 Å². The first-order chi connectivity index (χ1) is 6.88. The summed E-state index contributed by atoms with van der Waals surface area (Å²) in [6.07, 6.45) is 3.34. The van der Waals surface area contributed by atoms with Gasteiger partial charge in [0.05, 0.1) is 0 Å². The van der Waals surface area contributed by atoms with Gasteiger partial charge >= 0.3 is 0 Å². The second-order valence-electron chi connectivity index (χ2n) is 4.91. The molecular formula is C13H20BrN. The smallest absolute Gasteiger partial charge is 0.0178 e. The molecule has 0 amide bonds. The Hall–Kier alpha value is -0.340. The van der Waals surface area contributed by atoms with Crippen LogP contribution in [0.2, 0.25) is 0 Å². The maximum absolute atomic E-state index is 5.96. The molecule has 0 aliphatic heterocycles. The summed E-state index contributed by atoms with van der Waals surface area (Å²) in [5.74, 6) is 0. The molecule has 0 atom stereocenters. The van der Waals surface area contributed by atoms with E-state index in [1.807, 2.05) is 0 Å². The van der Waals surface area contributed by atoms with Gasteiger partial charge in [0.15, 0.2) is 0 Å². The van der Waals surface area contributed by atoms with E-state index in [0.717, 1.165) is 23.7 Å². The molecule has 0 aliphatic rings. The molecule has 0 radical (unpaired) electrons. The summed E-state index contributed by atoms with van der Waals surface area (Å²) in [4.78, 5) is 0. The summed E-state index contributed by atoms with van der Waals surface area (Å²) in [6.45, 7) is 6.33. The average molecular weight is 270 g/mol. The highest BCUT2D eigenvalue weighted by Gasteiger charge is 2.10. The number of hydrogen-bond acceptors (Lipinski definition) is 1. The van der Waals surface area contributed by atoms with Gasteiger partial charge in [0.2, 0.25) is 0 Å². The number of hydrogen-bond donors (Lipinski definition) is 1. The highest BCUT2D eigenvalue weighted by atomic mass is 79.9. The number of rotatable bonds is 4. The van der Waals surface area contributed by atoms with Gasteiger partial charge in [-0.05, 0) is 63.3 Å². The van der Waals surface area contributed by atoms with Crippen molar-refractivity contribution in [2.75, 3.05) is 0 Å². The normalized spacial score (nSPS) is 11.8. The Kier molecular flexibility index (Phi) is 4.35. The van der Waals surface area contributed by atoms with E-state index < -0.39 is 0 Å². The summed E-state index contributed by atoms with van der Waals surface area (Å²) in [7, 11) is 0. The van der Waals surface area contributed by atoms with E-state index in [0.29, 0.717) is 0 Å². The quantitative estimate of drug-likeness (QED) is 0.884. The SMILES string of the molecule is Cc1ccc(Br)cc1CCCC(C)(C)N. The van der Waals surface area contributed by atoms with Gasteiger partial charge in [0.25, 0.3) is 0 Å². The maximum atomic E-state index is 5.96. The van der Waals surface area contributed by atoms with Crippen molar-refractivity contribution >= 4 is 15.9 Å². The van der Waals surface area contributed by atoms with E-state index in [1.54, 1.807) is 0 Å². The molecule has 1 rings (SSSR count). The highest BCUT2D eigenvalue weighted by Crippen LogP contribution is 2.19. The molecule has 0 saturated carbocycles. The van der Waals surface area contributed by atoms with Crippen LogP contribution >= 0.6 is 15.9 Å². The van der Waals surface area contributed by atoms with E-state index in [1.165, 1.54) is 11.1 Å². The zero-order valence-electron chi connectivity index (χ0n) is 9.81. The predicted molar refractivity (Wildman–Crippen MR) is 70.1 cm³/mol. The van der Waals surface area contributed by atoms with Crippen LogP contribution in [0.5, 0.6) is 0 Å². The standard InChI is InChI=1S/C13H20BrN/c1-10-6-7-12(14)9-11(10)5-4-8-13(2,3)15/h6-7,9H,4-5,8,15H2,1-3H3. The van der Waals surface area contributed by atoms with Crippen molar-refractivity contribution in [3.05, 3.63) is 33.8 Å². The van der Waals surface area contributed by atoms with Crippen LogP contribution < -0.4 is 5.73 Å². The van der Waals surface area contributed by atoms with Gasteiger partial charge in [-0.15, -0.1) is 0 Å². The zero-order valence-corrected chi connectivity index (χ0v) is 11.4. The number of benzene rings is 1. The molecule has 1 aromatic rings. The van der Waals surface area contributed by atoms with Crippen LogP contribution in [0.25, 0.3) is 0 Å². The third-order valence-corrected chi connectivity index (χ3v) is 3.07. The fraction of sp³-hybridized carbons (Fsp3) is 0.538. The molecule has 0 fully saturated rings. The van der Waals surface area contributed by atoms with Crippen molar-refractivity contribution in [1.82, 2.24) is 0 Å². The van der Waals surface area contributed by atoms with Crippen molar-refractivity contribution in [3.8, 4) is 0 Å². The second-order valence-corrected chi connectivity index (χ2v) is 5.83. The van der Waals surface area contributed by atoms with Crippen molar-refractivity contribution in [3.63, 3.8) is 0 Å². The topological polar surface area (TPSA) is 26.0 Å². The Morgan fingerprint density at radius 1 is 1.33 bits per heavy atom. The van der Waals surface area contributed by atoms with E-state index in [4.69, 9.17) is 5.73 Å². The lowest BCUT2D eigenvalue weighted by Gasteiger charge is -2.18. The molecule has 2 heteroatoms. The number of nitrogens with two attached hydrogens (primary N) is 1. The van der Waals surface area contributed by atoms with Crippen LogP contribution in [-0.4, -0.2) is 5.54 Å². The first kappa shape index (κ1) is 12.7. The molecular weight excluding hydrogens is 250 g/mol. The lowest BCUT2D eigenvalue weighted by Crippen LogP contribution is -2.31. The third-order valence-electron chi connectivity index (χ3n) is 2.58. The van der Waals surface area contributed by atoms with Crippen LogP contribution in [0, 0.1) is 6.92 Å². The van der Waals surface area contributed by atoms with Gasteiger partial charge in [0.1, 0.15) is 0 Å². The van der Waals surface area contributed by atoms with Crippen molar-refractivity contribution in [1.29, 1.82) is 0 Å². The lowest BCUT2D eigenvalue weighted by molar-refractivity contribution is 0.459. The minimum atomic E-state index is -0.0417. The van der Waals surface area contributed by atoms with E-state index in [9.17, 15) is 0 Å². The first-order valence-corrected chi connectivity index (χ1v) is 6.22. The second kappa shape index (κ2) is 5.13. The van der Waals surface area contributed by atoms with Crippen LogP contribution in [0.4, 0.5) is 0 Å². The minimum Gasteiger partial charge on any atom is -0.326 e. The van der Waals surface area contributed by atoms with Crippen LogP contribution in [0.3, 0.4) is 0 Å². The van der Waals surface area contributed by atoms with Gasteiger partial charge in [-0.2, -0.15) is 0 Å². The molecule has 0 spiro atoms. The molecule has 15 heavy (non-hydrogen) atoms. The van der Waals surface area contributed by atoms with Gasteiger partial charge in [-0.3, -0.25) is 0 Å². The maximum Gasteiger partial charge on any atom is 0.0178 e. The summed E-state index contributed by atoms with van der Waals surface area (Å²) < 4.78 is 1.16. The summed E-state index contributed by atoms with van der Waals surface area (Å²) in [5.41, 5.74) is 8.71. The zero-order chi connectivity index (χ0) is 11.5. The van der Waals surface area contributed by atoms with Crippen LogP contribution in [-0.2, 0) is 6.42 Å². The predicted octanol–water partition coefficient (Wildman–Crippen LogP) is 3.82. The Morgan fingerprint density at radius 3 is 2.60 bits per heavy atom. The Labute approximate surface area is 101 Å². The number of aryl methyl sites for hydroxylation is 2. The molecule has 0 saturated heterocycles. The average Bonchev–Trinajstić information content (AvgIpc) is 2.09. The summed E-state index contributed by atoms with van der Waals surface area (Å²) in [5, 5.41) is 0.